The molecule has 0 saturated carbocycles. The molecule has 2 rings (SSSR count). The van der Waals surface area contributed by atoms with E-state index >= 15 is 0 Å². The van der Waals surface area contributed by atoms with E-state index in [1.807, 2.05) is 18.2 Å². The van der Waals surface area contributed by atoms with Crippen LogP contribution in [-0.2, 0) is 22.5 Å². The second kappa shape index (κ2) is 9.33. The summed E-state index contributed by atoms with van der Waals surface area (Å²) in [5.41, 5.74) is 1.02. The summed E-state index contributed by atoms with van der Waals surface area (Å²) in [6.45, 7) is 3.56. The lowest BCUT2D eigenvalue weighted by Gasteiger charge is -2.14. The predicted molar refractivity (Wildman–Crippen MR) is 98.7 cm³/mol. The Morgan fingerprint density at radius 2 is 1.81 bits per heavy atom. The maximum Gasteiger partial charge on any atom is 0.411 e. The SMILES string of the molecule is CCOC(=O)c1c(CC)cc([N+](=O)[O-])cc1NC(=O)OCc1ccccc1. The van der Waals surface area contributed by atoms with E-state index in [2.05, 4.69) is 5.32 Å². The van der Waals surface area contributed by atoms with Crippen molar-refractivity contribution in [1.82, 2.24) is 0 Å². The van der Waals surface area contributed by atoms with E-state index in [0.717, 1.165) is 11.6 Å². The average molecular weight is 372 g/mol. The van der Waals surface area contributed by atoms with Crippen LogP contribution in [0.15, 0.2) is 42.5 Å². The predicted octanol–water partition coefficient (Wildman–Crippen LogP) is 4.08. The molecule has 0 atom stereocenters. The molecule has 0 unspecified atom stereocenters. The van der Waals surface area contributed by atoms with Gasteiger partial charge in [-0.3, -0.25) is 15.4 Å². The van der Waals surface area contributed by atoms with Crippen molar-refractivity contribution < 1.29 is 24.0 Å². The average Bonchev–Trinajstić information content (AvgIpc) is 2.66. The first-order chi connectivity index (χ1) is 13.0. The van der Waals surface area contributed by atoms with Crippen LogP contribution in [0.1, 0.15) is 35.3 Å². The fourth-order valence-electron chi connectivity index (χ4n) is 2.48. The van der Waals surface area contributed by atoms with Gasteiger partial charge < -0.3 is 9.47 Å². The third-order valence-corrected chi connectivity index (χ3v) is 3.73. The zero-order chi connectivity index (χ0) is 19.8. The van der Waals surface area contributed by atoms with Crippen molar-refractivity contribution in [2.45, 2.75) is 26.9 Å². The molecule has 2 aromatic rings. The molecule has 0 radical (unpaired) electrons. The molecule has 8 heteroatoms. The number of carbonyl (C=O) groups excluding carboxylic acids is 2. The topological polar surface area (TPSA) is 108 Å². The highest BCUT2D eigenvalue weighted by molar-refractivity contribution is 6.01. The van der Waals surface area contributed by atoms with Gasteiger partial charge in [0.15, 0.2) is 0 Å². The van der Waals surface area contributed by atoms with Gasteiger partial charge in [0.25, 0.3) is 5.69 Å². The maximum absolute atomic E-state index is 12.3. The standard InChI is InChI=1S/C19H20N2O6/c1-3-14-10-15(21(24)25)11-16(17(14)18(22)26-4-2)20-19(23)27-12-13-8-6-5-7-9-13/h5-11H,3-4,12H2,1-2H3,(H,20,23). The quantitative estimate of drug-likeness (QED) is 0.446. The minimum atomic E-state index is -0.827. The van der Waals surface area contributed by atoms with Gasteiger partial charge in [0.05, 0.1) is 22.8 Å². The Bertz CT molecular complexity index is 836. The summed E-state index contributed by atoms with van der Waals surface area (Å²) in [5.74, 6) is -0.664. The summed E-state index contributed by atoms with van der Waals surface area (Å²) >= 11 is 0. The maximum atomic E-state index is 12.3. The van der Waals surface area contributed by atoms with Crippen LogP contribution >= 0.6 is 0 Å². The monoisotopic (exact) mass is 372 g/mol. The molecule has 0 heterocycles. The Balaban J connectivity index is 2.28. The molecule has 0 fully saturated rings. The lowest BCUT2D eigenvalue weighted by Crippen LogP contribution is -2.18. The highest BCUT2D eigenvalue weighted by Gasteiger charge is 2.23. The number of nitrogens with one attached hydrogen (secondary N) is 1. The number of nitrogens with zero attached hydrogens (tertiary/aromatic N) is 1. The number of anilines is 1. The van der Waals surface area contributed by atoms with Crippen LogP contribution in [0.25, 0.3) is 0 Å². The third kappa shape index (κ3) is 5.27. The lowest BCUT2D eigenvalue weighted by molar-refractivity contribution is -0.384. The Morgan fingerprint density at radius 3 is 2.41 bits per heavy atom. The van der Waals surface area contributed by atoms with Gasteiger partial charge in [0.2, 0.25) is 0 Å². The first kappa shape index (κ1) is 19.9. The minimum absolute atomic E-state index is 0.0161. The number of non-ortho nitro benzene ring substituents is 1. The Kier molecular flexibility index (Phi) is 6.87. The number of carbonyl (C=O) groups is 2. The number of rotatable bonds is 7. The van der Waals surface area contributed by atoms with Crippen molar-refractivity contribution in [2.75, 3.05) is 11.9 Å². The number of hydrogen-bond donors (Lipinski definition) is 1. The number of hydrogen-bond acceptors (Lipinski definition) is 6. The normalized spacial score (nSPS) is 10.1. The second-order valence-corrected chi connectivity index (χ2v) is 5.55. The number of ether oxygens (including phenoxy) is 2. The molecule has 0 aliphatic heterocycles. The molecule has 1 amide bonds. The van der Waals surface area contributed by atoms with E-state index in [1.54, 1.807) is 26.0 Å². The van der Waals surface area contributed by atoms with Crippen molar-refractivity contribution in [3.8, 4) is 0 Å². The van der Waals surface area contributed by atoms with Gasteiger partial charge in [-0.05, 0) is 24.5 Å². The molecule has 142 valence electrons. The number of nitro benzene ring substituents is 1. The van der Waals surface area contributed by atoms with E-state index < -0.39 is 17.0 Å². The highest BCUT2D eigenvalue weighted by atomic mass is 16.6. The van der Waals surface area contributed by atoms with Crippen LogP contribution in [0.2, 0.25) is 0 Å². The van der Waals surface area contributed by atoms with Crippen molar-refractivity contribution in [1.29, 1.82) is 0 Å². The van der Waals surface area contributed by atoms with E-state index in [4.69, 9.17) is 9.47 Å². The van der Waals surface area contributed by atoms with Crippen molar-refractivity contribution >= 4 is 23.4 Å². The number of aryl methyl sites for hydroxylation is 1. The van der Waals surface area contributed by atoms with E-state index in [1.165, 1.54) is 6.07 Å². The summed E-state index contributed by atoms with van der Waals surface area (Å²) in [7, 11) is 0. The van der Waals surface area contributed by atoms with Gasteiger partial charge >= 0.3 is 12.1 Å². The zero-order valence-corrected chi connectivity index (χ0v) is 15.1. The molecule has 8 nitrogen and oxygen atoms in total. The second-order valence-electron chi connectivity index (χ2n) is 5.55. The Labute approximate surface area is 156 Å². The van der Waals surface area contributed by atoms with Crippen molar-refractivity contribution in [2.24, 2.45) is 0 Å². The molecule has 0 aliphatic carbocycles. The summed E-state index contributed by atoms with van der Waals surface area (Å²) < 4.78 is 10.1. The number of benzene rings is 2. The summed E-state index contributed by atoms with van der Waals surface area (Å²) in [5, 5.41) is 13.6. The molecular weight excluding hydrogens is 352 g/mol. The Hall–Kier alpha value is -3.42. The summed E-state index contributed by atoms with van der Waals surface area (Å²) in [6, 6.07) is 11.5. The van der Waals surface area contributed by atoms with Crippen LogP contribution in [-0.4, -0.2) is 23.6 Å². The highest BCUT2D eigenvalue weighted by Crippen LogP contribution is 2.28. The van der Waals surface area contributed by atoms with Crippen LogP contribution < -0.4 is 5.32 Å². The van der Waals surface area contributed by atoms with Crippen LogP contribution in [0, 0.1) is 10.1 Å². The first-order valence-corrected chi connectivity index (χ1v) is 8.42. The van der Waals surface area contributed by atoms with Gasteiger partial charge in [-0.25, -0.2) is 9.59 Å². The molecule has 0 saturated heterocycles. The minimum Gasteiger partial charge on any atom is -0.462 e. The number of esters is 1. The molecule has 2 aromatic carbocycles. The third-order valence-electron chi connectivity index (χ3n) is 3.73. The molecule has 0 spiro atoms. The first-order valence-electron chi connectivity index (χ1n) is 8.42. The smallest absolute Gasteiger partial charge is 0.411 e. The van der Waals surface area contributed by atoms with E-state index in [9.17, 15) is 19.7 Å². The van der Waals surface area contributed by atoms with Gasteiger partial charge in [0.1, 0.15) is 6.61 Å². The molecule has 0 aliphatic rings. The van der Waals surface area contributed by atoms with Crippen LogP contribution in [0.4, 0.5) is 16.2 Å². The summed E-state index contributed by atoms with van der Waals surface area (Å²) in [4.78, 5) is 35.0. The zero-order valence-electron chi connectivity index (χ0n) is 15.1. The van der Waals surface area contributed by atoms with Gasteiger partial charge in [0, 0.05) is 12.1 Å². The fraction of sp³-hybridized carbons (Fsp3) is 0.263. The number of amides is 1. The van der Waals surface area contributed by atoms with Crippen LogP contribution in [0.3, 0.4) is 0 Å². The fourth-order valence-corrected chi connectivity index (χ4v) is 2.48. The lowest BCUT2D eigenvalue weighted by atomic mass is 10.0. The van der Waals surface area contributed by atoms with Crippen molar-refractivity contribution in [3.63, 3.8) is 0 Å². The van der Waals surface area contributed by atoms with Gasteiger partial charge in [-0.15, -0.1) is 0 Å². The molecule has 0 bridgehead atoms. The molecular formula is C19H20N2O6. The van der Waals surface area contributed by atoms with Gasteiger partial charge in [-0.2, -0.15) is 0 Å². The molecule has 27 heavy (non-hydrogen) atoms. The molecule has 1 N–H and O–H groups in total. The molecule has 0 aromatic heterocycles. The van der Waals surface area contributed by atoms with E-state index in [-0.39, 0.29) is 30.2 Å². The Morgan fingerprint density at radius 1 is 1.11 bits per heavy atom. The van der Waals surface area contributed by atoms with E-state index in [0.29, 0.717) is 12.0 Å². The largest absolute Gasteiger partial charge is 0.462 e. The number of nitro groups is 1. The van der Waals surface area contributed by atoms with Crippen molar-refractivity contribution in [3.05, 3.63) is 69.3 Å². The summed E-state index contributed by atoms with van der Waals surface area (Å²) in [6.07, 6.45) is -0.476. The van der Waals surface area contributed by atoms with Gasteiger partial charge in [-0.1, -0.05) is 37.3 Å². The van der Waals surface area contributed by atoms with Crippen LogP contribution in [0.5, 0.6) is 0 Å².